The van der Waals surface area contributed by atoms with Gasteiger partial charge in [0.15, 0.2) is 0 Å². The van der Waals surface area contributed by atoms with Crippen molar-refractivity contribution in [3.8, 4) is 0 Å². The highest BCUT2D eigenvalue weighted by atomic mass is 32.2. The van der Waals surface area contributed by atoms with Crippen LogP contribution < -0.4 is 5.32 Å². The van der Waals surface area contributed by atoms with Crippen LogP contribution in [0.15, 0.2) is 70.3 Å². The zero-order chi connectivity index (χ0) is 20.7. The predicted molar refractivity (Wildman–Crippen MR) is 117 cm³/mol. The fraction of sp³-hybridized carbons (Fsp3) is 0.261. The second kappa shape index (κ2) is 7.65. The second-order valence-electron chi connectivity index (χ2n) is 7.82. The quantitative estimate of drug-likeness (QED) is 0.665. The molecular weight excluding hydrogens is 416 g/mol. The molecule has 2 heterocycles. The average molecular weight is 439 g/mol. The van der Waals surface area contributed by atoms with Crippen molar-refractivity contribution in [1.29, 1.82) is 0 Å². The standard InChI is InChI=1S/C23H22N2O3S2/c26-23(24-14-19-12-17-7-3-4-9-20(17)19)21-13-16-6-1-2-8-18(16)15-25(21)30(27,28)22-10-5-11-29-22/h1-11,19,21H,12-15H2,(H,24,26)/t19-,21+/m1/s1. The Labute approximate surface area is 180 Å². The second-order valence-corrected chi connectivity index (χ2v) is 10.9. The van der Waals surface area contributed by atoms with Crippen molar-refractivity contribution < 1.29 is 13.2 Å². The Morgan fingerprint density at radius 1 is 0.967 bits per heavy atom. The van der Waals surface area contributed by atoms with Crippen LogP contribution in [0.4, 0.5) is 0 Å². The summed E-state index contributed by atoms with van der Waals surface area (Å²) in [5, 5.41) is 4.78. The Morgan fingerprint density at radius 2 is 1.70 bits per heavy atom. The highest BCUT2D eigenvalue weighted by Crippen LogP contribution is 2.35. The van der Waals surface area contributed by atoms with Gasteiger partial charge in [-0.3, -0.25) is 4.79 Å². The smallest absolute Gasteiger partial charge is 0.253 e. The first-order chi connectivity index (χ1) is 14.5. The first kappa shape index (κ1) is 19.5. The van der Waals surface area contributed by atoms with E-state index in [1.54, 1.807) is 17.5 Å². The Balaban J connectivity index is 1.39. The lowest BCUT2D eigenvalue weighted by molar-refractivity contribution is -0.125. The molecule has 7 heteroatoms. The van der Waals surface area contributed by atoms with Crippen molar-refractivity contribution >= 4 is 27.3 Å². The lowest BCUT2D eigenvalue weighted by Gasteiger charge is -2.36. The molecule has 2 aromatic carbocycles. The summed E-state index contributed by atoms with van der Waals surface area (Å²) in [6.45, 7) is 0.738. The number of sulfonamides is 1. The number of rotatable bonds is 5. The van der Waals surface area contributed by atoms with E-state index in [1.807, 2.05) is 36.4 Å². The Bertz CT molecular complexity index is 1190. The summed E-state index contributed by atoms with van der Waals surface area (Å²) in [4.78, 5) is 13.2. The van der Waals surface area contributed by atoms with Gasteiger partial charge in [0.2, 0.25) is 5.91 Å². The number of carbonyl (C=O) groups excluding carboxylic acids is 1. The molecular formula is C23H22N2O3S2. The minimum Gasteiger partial charge on any atom is -0.354 e. The maximum Gasteiger partial charge on any atom is 0.253 e. The molecule has 3 aromatic rings. The molecule has 30 heavy (non-hydrogen) atoms. The van der Waals surface area contributed by atoms with Crippen LogP contribution in [0.1, 0.15) is 28.2 Å². The van der Waals surface area contributed by atoms with Crippen LogP contribution in [0, 0.1) is 0 Å². The van der Waals surface area contributed by atoms with Gasteiger partial charge in [0.25, 0.3) is 10.0 Å². The molecule has 5 nitrogen and oxygen atoms in total. The third-order valence-electron chi connectivity index (χ3n) is 6.05. The Hall–Kier alpha value is -2.48. The number of carbonyl (C=O) groups is 1. The largest absolute Gasteiger partial charge is 0.354 e. The van der Waals surface area contributed by atoms with E-state index in [9.17, 15) is 13.2 Å². The van der Waals surface area contributed by atoms with Gasteiger partial charge < -0.3 is 5.32 Å². The molecule has 1 aliphatic carbocycles. The zero-order valence-electron chi connectivity index (χ0n) is 16.3. The molecule has 154 valence electrons. The zero-order valence-corrected chi connectivity index (χ0v) is 18.0. The van der Waals surface area contributed by atoms with Crippen LogP contribution in [0.2, 0.25) is 0 Å². The van der Waals surface area contributed by atoms with Gasteiger partial charge in [0, 0.05) is 19.0 Å². The van der Waals surface area contributed by atoms with Gasteiger partial charge in [-0.05, 0) is 46.5 Å². The molecule has 1 aliphatic heterocycles. The van der Waals surface area contributed by atoms with Gasteiger partial charge in [-0.2, -0.15) is 4.31 Å². The van der Waals surface area contributed by atoms with Crippen molar-refractivity contribution in [3.63, 3.8) is 0 Å². The van der Waals surface area contributed by atoms with Crippen LogP contribution in [0.5, 0.6) is 0 Å². The number of thiophene rings is 1. The highest BCUT2D eigenvalue weighted by Gasteiger charge is 2.40. The van der Waals surface area contributed by atoms with Crippen molar-refractivity contribution in [1.82, 2.24) is 9.62 Å². The van der Waals surface area contributed by atoms with Crippen LogP contribution >= 0.6 is 11.3 Å². The third-order valence-corrected chi connectivity index (χ3v) is 9.28. The number of nitrogens with zero attached hydrogens (tertiary/aromatic N) is 1. The molecule has 0 spiro atoms. The van der Waals surface area contributed by atoms with E-state index in [0.29, 0.717) is 18.9 Å². The number of amides is 1. The summed E-state index contributed by atoms with van der Waals surface area (Å²) in [6.07, 6.45) is 1.33. The van der Waals surface area contributed by atoms with Crippen molar-refractivity contribution in [2.45, 2.75) is 35.6 Å². The molecule has 0 saturated carbocycles. The lowest BCUT2D eigenvalue weighted by Crippen LogP contribution is -2.53. The number of fused-ring (bicyclic) bond motifs is 2. The minimum atomic E-state index is -3.74. The molecule has 2 atom stereocenters. The monoisotopic (exact) mass is 438 g/mol. The number of hydrogen-bond donors (Lipinski definition) is 1. The summed E-state index contributed by atoms with van der Waals surface area (Å²) in [5.41, 5.74) is 4.58. The van der Waals surface area contributed by atoms with E-state index < -0.39 is 16.1 Å². The van der Waals surface area contributed by atoms with Gasteiger partial charge in [0.05, 0.1) is 0 Å². The fourth-order valence-corrected chi connectivity index (χ4v) is 7.07. The fourth-order valence-electron chi connectivity index (χ4n) is 4.39. The summed E-state index contributed by atoms with van der Waals surface area (Å²) < 4.78 is 28.2. The molecule has 0 fully saturated rings. The molecule has 5 rings (SSSR count). The maximum atomic E-state index is 13.3. The molecule has 0 bridgehead atoms. The van der Waals surface area contributed by atoms with Crippen LogP contribution in [-0.4, -0.2) is 31.2 Å². The van der Waals surface area contributed by atoms with E-state index in [4.69, 9.17) is 0 Å². The summed E-state index contributed by atoms with van der Waals surface area (Å²) in [5.74, 6) is 0.0670. The predicted octanol–water partition coefficient (Wildman–Crippen LogP) is 3.32. The minimum absolute atomic E-state index is 0.209. The lowest BCUT2D eigenvalue weighted by atomic mass is 9.77. The van der Waals surface area contributed by atoms with Gasteiger partial charge >= 0.3 is 0 Å². The van der Waals surface area contributed by atoms with Crippen molar-refractivity contribution in [2.24, 2.45) is 0 Å². The van der Waals surface area contributed by atoms with Crippen molar-refractivity contribution in [3.05, 3.63) is 88.3 Å². The van der Waals surface area contributed by atoms with E-state index >= 15 is 0 Å². The molecule has 0 unspecified atom stereocenters. The Morgan fingerprint density at radius 3 is 2.43 bits per heavy atom. The van der Waals surface area contributed by atoms with E-state index in [1.165, 1.54) is 26.8 Å². The number of hydrogen-bond acceptors (Lipinski definition) is 4. The van der Waals surface area contributed by atoms with E-state index in [2.05, 4.69) is 17.4 Å². The van der Waals surface area contributed by atoms with Crippen LogP contribution in [0.25, 0.3) is 0 Å². The Kier molecular flexibility index (Phi) is 4.97. The average Bonchev–Trinajstić information content (AvgIpc) is 3.29. The summed E-state index contributed by atoms with van der Waals surface area (Å²) >= 11 is 1.18. The molecule has 0 saturated heterocycles. The molecule has 1 aromatic heterocycles. The summed E-state index contributed by atoms with van der Waals surface area (Å²) in [6, 6.07) is 18.6. The third kappa shape index (κ3) is 3.37. The highest BCUT2D eigenvalue weighted by molar-refractivity contribution is 7.91. The molecule has 1 N–H and O–H groups in total. The molecule has 1 amide bonds. The summed E-state index contributed by atoms with van der Waals surface area (Å²) in [7, 11) is -3.74. The van der Waals surface area contributed by atoms with E-state index in [0.717, 1.165) is 17.5 Å². The maximum absolute atomic E-state index is 13.3. The van der Waals surface area contributed by atoms with Gasteiger partial charge in [0.1, 0.15) is 10.3 Å². The van der Waals surface area contributed by atoms with Crippen LogP contribution in [-0.2, 0) is 34.2 Å². The van der Waals surface area contributed by atoms with Gasteiger partial charge in [-0.15, -0.1) is 11.3 Å². The van der Waals surface area contributed by atoms with Gasteiger partial charge in [-0.1, -0.05) is 54.6 Å². The first-order valence-corrected chi connectivity index (χ1v) is 12.3. The van der Waals surface area contributed by atoms with Crippen molar-refractivity contribution in [2.75, 3.05) is 6.54 Å². The first-order valence-electron chi connectivity index (χ1n) is 10.0. The number of benzene rings is 2. The number of nitrogens with one attached hydrogen (secondary N) is 1. The molecule has 0 radical (unpaired) electrons. The van der Waals surface area contributed by atoms with E-state index in [-0.39, 0.29) is 16.7 Å². The normalized spacial score (nSPS) is 20.7. The molecule has 2 aliphatic rings. The SMILES string of the molecule is O=C(NC[C@H]1Cc2ccccc21)[C@@H]1Cc2ccccc2CN1S(=O)(=O)c1cccs1. The van der Waals surface area contributed by atoms with Crippen LogP contribution in [0.3, 0.4) is 0 Å². The van der Waals surface area contributed by atoms with Gasteiger partial charge in [-0.25, -0.2) is 8.42 Å². The topological polar surface area (TPSA) is 66.5 Å².